The zero-order valence-electron chi connectivity index (χ0n) is 14.0. The quantitative estimate of drug-likeness (QED) is 0.554. The number of para-hydroxylation sites is 1. The van der Waals surface area contributed by atoms with Gasteiger partial charge in [0.1, 0.15) is 0 Å². The number of nitrogens with zero attached hydrogens (tertiary/aromatic N) is 1. The molecular formula is C22H23N. The Hall–Kier alpha value is -2.54. The third-order valence-corrected chi connectivity index (χ3v) is 4.08. The lowest BCUT2D eigenvalue weighted by Gasteiger charge is -2.29. The van der Waals surface area contributed by atoms with E-state index in [9.17, 15) is 0 Å². The molecule has 0 saturated carbocycles. The molecule has 0 N–H and O–H groups in total. The Morgan fingerprint density at radius 3 is 1.61 bits per heavy atom. The molecule has 116 valence electrons. The molecule has 0 aliphatic rings. The number of benzene rings is 3. The Morgan fingerprint density at radius 2 is 1.09 bits per heavy atom. The summed E-state index contributed by atoms with van der Waals surface area (Å²) < 4.78 is 0. The molecular weight excluding hydrogens is 278 g/mol. The summed E-state index contributed by atoms with van der Waals surface area (Å²) in [4.78, 5) is 2.36. The molecule has 0 spiro atoms. The maximum absolute atomic E-state index is 2.36. The van der Waals surface area contributed by atoms with Gasteiger partial charge in [-0.3, -0.25) is 0 Å². The van der Waals surface area contributed by atoms with Crippen LogP contribution in [0.1, 0.15) is 19.4 Å². The summed E-state index contributed by atoms with van der Waals surface area (Å²) in [7, 11) is 0. The fraction of sp³-hybridized carbons (Fsp3) is 0.182. The topological polar surface area (TPSA) is 3.24 Å². The van der Waals surface area contributed by atoms with E-state index < -0.39 is 0 Å². The highest BCUT2D eigenvalue weighted by molar-refractivity contribution is 5.70. The Balaban J connectivity index is 1.92. The van der Waals surface area contributed by atoms with Crippen molar-refractivity contribution in [2.75, 3.05) is 4.90 Å². The maximum atomic E-state index is 2.36. The summed E-state index contributed by atoms with van der Waals surface area (Å²) >= 11 is 0. The molecule has 3 aromatic rings. The average molecular weight is 301 g/mol. The van der Waals surface area contributed by atoms with Crippen LogP contribution in [0, 0.1) is 6.92 Å². The number of anilines is 2. The van der Waals surface area contributed by atoms with E-state index in [1.807, 2.05) is 0 Å². The smallest absolute Gasteiger partial charge is 0.0413 e. The van der Waals surface area contributed by atoms with Gasteiger partial charge < -0.3 is 4.90 Å². The van der Waals surface area contributed by atoms with E-state index in [-0.39, 0.29) is 0 Å². The van der Waals surface area contributed by atoms with Crippen molar-refractivity contribution in [2.45, 2.75) is 26.8 Å². The zero-order chi connectivity index (χ0) is 16.2. The molecule has 23 heavy (non-hydrogen) atoms. The van der Waals surface area contributed by atoms with E-state index in [4.69, 9.17) is 0 Å². The Kier molecular flexibility index (Phi) is 4.47. The van der Waals surface area contributed by atoms with Crippen molar-refractivity contribution in [1.29, 1.82) is 0 Å². The summed E-state index contributed by atoms with van der Waals surface area (Å²) in [5.41, 5.74) is 6.26. The van der Waals surface area contributed by atoms with Gasteiger partial charge in [-0.25, -0.2) is 0 Å². The Labute approximate surface area is 139 Å². The molecule has 0 unspecified atom stereocenters. The highest BCUT2D eigenvalue weighted by Gasteiger charge is 2.12. The van der Waals surface area contributed by atoms with Gasteiger partial charge in [0, 0.05) is 17.4 Å². The third kappa shape index (κ3) is 3.45. The standard InChI is InChI=1S/C22H23N/c1-17(2)23(21-7-5-4-6-8-21)22-15-13-20(14-16-22)19-11-9-18(3)10-12-19/h4-17H,1-3H3. The predicted octanol–water partition coefficient (Wildman–Crippen LogP) is 6.21. The lowest BCUT2D eigenvalue weighted by atomic mass is 10.0. The maximum Gasteiger partial charge on any atom is 0.0413 e. The second-order valence-electron chi connectivity index (χ2n) is 6.21. The van der Waals surface area contributed by atoms with E-state index in [1.165, 1.54) is 28.1 Å². The molecule has 0 fully saturated rings. The van der Waals surface area contributed by atoms with Gasteiger partial charge in [0.05, 0.1) is 0 Å². The van der Waals surface area contributed by atoms with Gasteiger partial charge in [0.2, 0.25) is 0 Å². The van der Waals surface area contributed by atoms with Crippen molar-refractivity contribution >= 4 is 11.4 Å². The lowest BCUT2D eigenvalue weighted by molar-refractivity contribution is 0.789. The molecule has 0 bridgehead atoms. The van der Waals surface area contributed by atoms with Crippen LogP contribution in [0.3, 0.4) is 0 Å². The molecule has 3 rings (SSSR count). The van der Waals surface area contributed by atoms with Crippen molar-refractivity contribution in [1.82, 2.24) is 0 Å². The fourth-order valence-corrected chi connectivity index (χ4v) is 2.89. The SMILES string of the molecule is Cc1ccc(-c2ccc(N(c3ccccc3)C(C)C)cc2)cc1. The molecule has 0 heterocycles. The third-order valence-electron chi connectivity index (χ3n) is 4.08. The lowest BCUT2D eigenvalue weighted by Crippen LogP contribution is -2.25. The van der Waals surface area contributed by atoms with Crippen molar-refractivity contribution in [3.8, 4) is 11.1 Å². The summed E-state index contributed by atoms with van der Waals surface area (Å²) in [5, 5.41) is 0. The van der Waals surface area contributed by atoms with Crippen LogP contribution in [0.2, 0.25) is 0 Å². The highest BCUT2D eigenvalue weighted by Crippen LogP contribution is 2.30. The van der Waals surface area contributed by atoms with E-state index in [0.717, 1.165) is 0 Å². The Morgan fingerprint density at radius 1 is 0.609 bits per heavy atom. The molecule has 0 amide bonds. The monoisotopic (exact) mass is 301 g/mol. The first-order valence-electron chi connectivity index (χ1n) is 8.16. The van der Waals surface area contributed by atoms with Gasteiger partial charge in [-0.05, 0) is 56.2 Å². The summed E-state index contributed by atoms with van der Waals surface area (Å²) in [6.45, 7) is 6.56. The van der Waals surface area contributed by atoms with Gasteiger partial charge in [-0.1, -0.05) is 60.2 Å². The minimum absolute atomic E-state index is 0.405. The molecule has 3 aromatic carbocycles. The van der Waals surface area contributed by atoms with E-state index in [2.05, 4.69) is 105 Å². The van der Waals surface area contributed by atoms with E-state index >= 15 is 0 Å². The first-order chi connectivity index (χ1) is 11.1. The fourth-order valence-electron chi connectivity index (χ4n) is 2.89. The molecule has 0 aromatic heterocycles. The van der Waals surface area contributed by atoms with Crippen molar-refractivity contribution in [2.24, 2.45) is 0 Å². The number of rotatable bonds is 4. The van der Waals surface area contributed by atoms with Crippen LogP contribution >= 0.6 is 0 Å². The number of aryl methyl sites for hydroxylation is 1. The predicted molar refractivity (Wildman–Crippen MR) is 100 cm³/mol. The minimum Gasteiger partial charge on any atom is -0.339 e. The second kappa shape index (κ2) is 6.70. The number of hydrogen-bond acceptors (Lipinski definition) is 1. The summed E-state index contributed by atoms with van der Waals surface area (Å²) in [5.74, 6) is 0. The van der Waals surface area contributed by atoms with E-state index in [1.54, 1.807) is 0 Å². The van der Waals surface area contributed by atoms with Crippen molar-refractivity contribution < 1.29 is 0 Å². The molecule has 0 aliphatic carbocycles. The van der Waals surface area contributed by atoms with Gasteiger partial charge in [-0.2, -0.15) is 0 Å². The largest absolute Gasteiger partial charge is 0.339 e. The first-order valence-corrected chi connectivity index (χ1v) is 8.16. The normalized spacial score (nSPS) is 10.8. The highest BCUT2D eigenvalue weighted by atomic mass is 15.2. The van der Waals surface area contributed by atoms with Crippen molar-refractivity contribution in [3.63, 3.8) is 0 Å². The average Bonchev–Trinajstić information content (AvgIpc) is 2.57. The van der Waals surface area contributed by atoms with Gasteiger partial charge in [0.15, 0.2) is 0 Å². The first kappa shape index (κ1) is 15.4. The molecule has 1 heteroatoms. The molecule has 0 atom stereocenters. The summed E-state index contributed by atoms with van der Waals surface area (Å²) in [6.07, 6.45) is 0. The van der Waals surface area contributed by atoms with E-state index in [0.29, 0.717) is 6.04 Å². The van der Waals surface area contributed by atoms with Crippen molar-refractivity contribution in [3.05, 3.63) is 84.4 Å². The zero-order valence-corrected chi connectivity index (χ0v) is 14.0. The Bertz CT molecular complexity index is 740. The van der Waals surface area contributed by atoms with Crippen LogP contribution in [-0.4, -0.2) is 6.04 Å². The van der Waals surface area contributed by atoms with Crippen LogP contribution in [0.15, 0.2) is 78.9 Å². The minimum atomic E-state index is 0.405. The van der Waals surface area contributed by atoms with Crippen LogP contribution in [0.25, 0.3) is 11.1 Å². The van der Waals surface area contributed by atoms with Crippen LogP contribution in [-0.2, 0) is 0 Å². The van der Waals surface area contributed by atoms with Gasteiger partial charge in [0.25, 0.3) is 0 Å². The second-order valence-corrected chi connectivity index (χ2v) is 6.21. The summed E-state index contributed by atoms with van der Waals surface area (Å²) in [6, 6.07) is 28.5. The number of hydrogen-bond donors (Lipinski definition) is 0. The van der Waals surface area contributed by atoms with Crippen LogP contribution < -0.4 is 4.90 Å². The van der Waals surface area contributed by atoms with Gasteiger partial charge in [-0.15, -0.1) is 0 Å². The molecule has 1 nitrogen and oxygen atoms in total. The molecule has 0 saturated heterocycles. The van der Waals surface area contributed by atoms with Crippen LogP contribution in [0.4, 0.5) is 11.4 Å². The molecule has 0 aliphatic heterocycles. The van der Waals surface area contributed by atoms with Crippen LogP contribution in [0.5, 0.6) is 0 Å². The van der Waals surface area contributed by atoms with Gasteiger partial charge >= 0.3 is 0 Å². The molecule has 0 radical (unpaired) electrons.